The molecule has 6 heteroatoms. The molecule has 25 heavy (non-hydrogen) atoms. The number of methoxy groups -OCH3 is 1. The number of benzene rings is 1. The van der Waals surface area contributed by atoms with Gasteiger partial charge < -0.3 is 20.1 Å². The third-order valence-electron chi connectivity index (χ3n) is 4.52. The second kappa shape index (κ2) is 10.6. The molecule has 1 aliphatic rings. The summed E-state index contributed by atoms with van der Waals surface area (Å²) in [4.78, 5) is 12.8. The quantitative estimate of drug-likeness (QED) is 0.735. The summed E-state index contributed by atoms with van der Waals surface area (Å²) in [6.45, 7) is 7.17. The number of hydrogen-bond acceptors (Lipinski definition) is 4. The van der Waals surface area contributed by atoms with E-state index in [4.69, 9.17) is 9.47 Å². The predicted molar refractivity (Wildman–Crippen MR) is 104 cm³/mol. The molecule has 0 atom stereocenters. The number of piperidine rings is 1. The molecule has 0 radical (unpaired) electrons. The first kappa shape index (κ1) is 21.7. The summed E-state index contributed by atoms with van der Waals surface area (Å²) in [5.41, 5.74) is 0.324. The Bertz CT molecular complexity index is 526. The van der Waals surface area contributed by atoms with Crippen molar-refractivity contribution < 1.29 is 14.3 Å². The molecule has 0 bridgehead atoms. The molecule has 2 N–H and O–H groups in total. The highest BCUT2D eigenvalue weighted by Gasteiger charge is 2.39. The Labute approximate surface area is 157 Å². The number of rotatable bonds is 8. The summed E-state index contributed by atoms with van der Waals surface area (Å²) < 4.78 is 11.1. The lowest BCUT2D eigenvalue weighted by atomic mass is 9.78. The van der Waals surface area contributed by atoms with Crippen LogP contribution in [-0.2, 0) is 9.53 Å². The highest BCUT2D eigenvalue weighted by Crippen LogP contribution is 2.31. The second-order valence-electron chi connectivity index (χ2n) is 6.98. The SMILES string of the molecule is COCC1(C(=O)Nc2cccc(OCCC(C)C)c2)CCNCC1.Cl. The molecule has 1 aliphatic heterocycles. The minimum atomic E-state index is -0.450. The van der Waals surface area contributed by atoms with Gasteiger partial charge >= 0.3 is 0 Å². The zero-order valence-corrected chi connectivity index (χ0v) is 16.3. The fourth-order valence-corrected chi connectivity index (χ4v) is 2.96. The number of hydrogen-bond donors (Lipinski definition) is 2. The molecule has 1 aromatic carbocycles. The molecule has 1 heterocycles. The van der Waals surface area contributed by atoms with Gasteiger partial charge in [0.1, 0.15) is 5.75 Å². The summed E-state index contributed by atoms with van der Waals surface area (Å²) in [7, 11) is 1.65. The van der Waals surface area contributed by atoms with E-state index < -0.39 is 5.41 Å². The standard InChI is InChI=1S/C19H30N2O3.ClH/c1-15(2)7-12-24-17-6-4-5-16(13-17)21-18(22)19(14-23-3)8-10-20-11-9-19;/h4-6,13,15,20H,7-12,14H2,1-3H3,(H,21,22);1H. The maximum Gasteiger partial charge on any atom is 0.233 e. The highest BCUT2D eigenvalue weighted by molar-refractivity contribution is 5.95. The lowest BCUT2D eigenvalue weighted by Crippen LogP contribution is -2.47. The molecule has 1 aromatic rings. The zero-order chi connectivity index (χ0) is 17.4. The van der Waals surface area contributed by atoms with Crippen molar-refractivity contribution in [1.82, 2.24) is 5.32 Å². The van der Waals surface area contributed by atoms with E-state index in [0.717, 1.165) is 43.8 Å². The first-order valence-corrected chi connectivity index (χ1v) is 8.80. The summed E-state index contributed by atoms with van der Waals surface area (Å²) in [6.07, 6.45) is 2.59. The number of halogens is 1. The largest absolute Gasteiger partial charge is 0.494 e. The molecule has 1 saturated heterocycles. The number of carbonyl (C=O) groups excluding carboxylic acids is 1. The summed E-state index contributed by atoms with van der Waals surface area (Å²) >= 11 is 0. The van der Waals surface area contributed by atoms with Crippen LogP contribution in [0.25, 0.3) is 0 Å². The van der Waals surface area contributed by atoms with E-state index in [1.165, 1.54) is 0 Å². The molecule has 2 rings (SSSR count). The van der Waals surface area contributed by atoms with Gasteiger partial charge in [0.05, 0.1) is 18.6 Å². The van der Waals surface area contributed by atoms with Crippen molar-refractivity contribution in [1.29, 1.82) is 0 Å². The number of carbonyl (C=O) groups is 1. The molecule has 0 aliphatic carbocycles. The van der Waals surface area contributed by atoms with Gasteiger partial charge in [-0.3, -0.25) is 4.79 Å². The van der Waals surface area contributed by atoms with Gasteiger partial charge in [0, 0.05) is 18.9 Å². The van der Waals surface area contributed by atoms with E-state index >= 15 is 0 Å². The van der Waals surface area contributed by atoms with Crippen LogP contribution in [0.15, 0.2) is 24.3 Å². The average molecular weight is 371 g/mol. The van der Waals surface area contributed by atoms with Gasteiger partial charge in [-0.05, 0) is 50.4 Å². The van der Waals surface area contributed by atoms with Gasteiger partial charge in [0.2, 0.25) is 5.91 Å². The molecule has 0 unspecified atom stereocenters. The molecular formula is C19H31ClN2O3. The van der Waals surface area contributed by atoms with Crippen molar-refractivity contribution in [3.8, 4) is 5.75 Å². The van der Waals surface area contributed by atoms with Gasteiger partial charge in [0.15, 0.2) is 0 Å². The fraction of sp³-hybridized carbons (Fsp3) is 0.632. The van der Waals surface area contributed by atoms with Crippen LogP contribution in [0.1, 0.15) is 33.1 Å². The lowest BCUT2D eigenvalue weighted by molar-refractivity contribution is -0.130. The Morgan fingerprint density at radius 3 is 2.68 bits per heavy atom. The normalized spacial score (nSPS) is 16.2. The number of anilines is 1. The minimum absolute atomic E-state index is 0. The van der Waals surface area contributed by atoms with E-state index in [1.807, 2.05) is 24.3 Å². The Balaban J connectivity index is 0.00000312. The smallest absolute Gasteiger partial charge is 0.233 e. The summed E-state index contributed by atoms with van der Waals surface area (Å²) in [5.74, 6) is 1.44. The predicted octanol–water partition coefficient (Wildman–Crippen LogP) is 3.49. The van der Waals surface area contributed by atoms with E-state index in [9.17, 15) is 4.79 Å². The van der Waals surface area contributed by atoms with Crippen LogP contribution in [0.5, 0.6) is 5.75 Å². The van der Waals surface area contributed by atoms with Crippen molar-refractivity contribution in [2.24, 2.45) is 11.3 Å². The third-order valence-corrected chi connectivity index (χ3v) is 4.52. The monoisotopic (exact) mass is 370 g/mol. The van der Waals surface area contributed by atoms with Gasteiger partial charge in [-0.2, -0.15) is 0 Å². The average Bonchev–Trinajstić information content (AvgIpc) is 2.56. The molecule has 0 aromatic heterocycles. The van der Waals surface area contributed by atoms with Crippen molar-refractivity contribution in [3.05, 3.63) is 24.3 Å². The maximum absolute atomic E-state index is 12.8. The van der Waals surface area contributed by atoms with Crippen molar-refractivity contribution >= 4 is 24.0 Å². The molecular weight excluding hydrogens is 340 g/mol. The van der Waals surface area contributed by atoms with Crippen LogP contribution in [0.3, 0.4) is 0 Å². The van der Waals surface area contributed by atoms with E-state index in [2.05, 4.69) is 24.5 Å². The first-order chi connectivity index (χ1) is 11.6. The van der Waals surface area contributed by atoms with Crippen LogP contribution in [0.2, 0.25) is 0 Å². The van der Waals surface area contributed by atoms with E-state index in [1.54, 1.807) is 7.11 Å². The summed E-state index contributed by atoms with van der Waals surface area (Å²) in [6, 6.07) is 7.62. The molecule has 1 fully saturated rings. The Kier molecular flexibility index (Phi) is 9.25. The Morgan fingerprint density at radius 1 is 1.32 bits per heavy atom. The summed E-state index contributed by atoms with van der Waals surface area (Å²) in [5, 5.41) is 6.35. The van der Waals surface area contributed by atoms with Crippen LogP contribution in [0.4, 0.5) is 5.69 Å². The topological polar surface area (TPSA) is 59.6 Å². The van der Waals surface area contributed by atoms with Crippen molar-refractivity contribution in [2.45, 2.75) is 33.1 Å². The van der Waals surface area contributed by atoms with Crippen LogP contribution in [-0.4, -0.2) is 39.3 Å². The maximum atomic E-state index is 12.8. The fourth-order valence-electron chi connectivity index (χ4n) is 2.96. The van der Waals surface area contributed by atoms with Crippen molar-refractivity contribution in [3.63, 3.8) is 0 Å². The van der Waals surface area contributed by atoms with Crippen LogP contribution >= 0.6 is 12.4 Å². The van der Waals surface area contributed by atoms with E-state index in [0.29, 0.717) is 19.1 Å². The molecule has 5 nitrogen and oxygen atoms in total. The van der Waals surface area contributed by atoms with Gasteiger partial charge in [0.25, 0.3) is 0 Å². The van der Waals surface area contributed by atoms with E-state index in [-0.39, 0.29) is 18.3 Å². The highest BCUT2D eigenvalue weighted by atomic mass is 35.5. The molecule has 142 valence electrons. The number of ether oxygens (including phenoxy) is 2. The van der Waals surface area contributed by atoms with Crippen LogP contribution in [0, 0.1) is 11.3 Å². The Hall–Kier alpha value is -1.30. The van der Waals surface area contributed by atoms with Gasteiger partial charge in [-0.15, -0.1) is 12.4 Å². The third kappa shape index (κ3) is 6.49. The van der Waals surface area contributed by atoms with Crippen LogP contribution < -0.4 is 15.4 Å². The number of nitrogens with one attached hydrogen (secondary N) is 2. The van der Waals surface area contributed by atoms with Crippen molar-refractivity contribution in [2.75, 3.05) is 38.7 Å². The minimum Gasteiger partial charge on any atom is -0.494 e. The van der Waals surface area contributed by atoms with Gasteiger partial charge in [-0.25, -0.2) is 0 Å². The first-order valence-electron chi connectivity index (χ1n) is 8.80. The van der Waals surface area contributed by atoms with Gasteiger partial charge in [-0.1, -0.05) is 19.9 Å². The number of amides is 1. The molecule has 0 spiro atoms. The molecule has 1 amide bonds. The zero-order valence-electron chi connectivity index (χ0n) is 15.5. The second-order valence-corrected chi connectivity index (χ2v) is 6.98. The Morgan fingerprint density at radius 2 is 2.04 bits per heavy atom. The molecule has 0 saturated carbocycles. The lowest BCUT2D eigenvalue weighted by Gasteiger charge is -2.35.